The van der Waals surface area contributed by atoms with E-state index in [2.05, 4.69) is 5.32 Å². The van der Waals surface area contributed by atoms with Gasteiger partial charge in [-0.2, -0.15) is 0 Å². The van der Waals surface area contributed by atoms with Gasteiger partial charge in [0, 0.05) is 18.8 Å². The first-order valence-electron chi connectivity index (χ1n) is 3.47. The van der Waals surface area contributed by atoms with Crippen molar-refractivity contribution < 1.29 is 9.47 Å². The van der Waals surface area contributed by atoms with Crippen LogP contribution in [0, 0.1) is 0 Å². The molecule has 1 aromatic carbocycles. The van der Waals surface area contributed by atoms with E-state index in [-0.39, 0.29) is 0 Å². The average molecular weight is 151 g/mol. The van der Waals surface area contributed by atoms with Crippen LogP contribution in [-0.4, -0.2) is 13.8 Å². The molecule has 3 heteroatoms. The predicted molar refractivity (Wildman–Crippen MR) is 42.1 cm³/mol. The number of hydrogen-bond acceptors (Lipinski definition) is 3. The van der Waals surface area contributed by atoms with Crippen LogP contribution in [0.2, 0.25) is 0 Å². The van der Waals surface area contributed by atoms with Crippen LogP contribution in [0.1, 0.15) is 0 Å². The lowest BCUT2D eigenvalue weighted by atomic mass is 10.3. The van der Waals surface area contributed by atoms with E-state index in [9.17, 15) is 0 Å². The third-order valence-electron chi connectivity index (χ3n) is 1.66. The minimum absolute atomic E-state index is 0.336. The molecule has 1 aromatic rings. The van der Waals surface area contributed by atoms with Gasteiger partial charge >= 0.3 is 0 Å². The molecule has 0 atom stereocenters. The Morgan fingerprint density at radius 2 is 2.09 bits per heavy atom. The number of ether oxygens (including phenoxy) is 2. The zero-order chi connectivity index (χ0) is 7.68. The molecule has 0 amide bonds. The summed E-state index contributed by atoms with van der Waals surface area (Å²) >= 11 is 0. The van der Waals surface area contributed by atoms with Gasteiger partial charge in [0.2, 0.25) is 6.79 Å². The number of nitrogens with one attached hydrogen (secondary N) is 1. The lowest BCUT2D eigenvalue weighted by Crippen LogP contribution is -1.93. The Morgan fingerprint density at radius 1 is 1.27 bits per heavy atom. The van der Waals surface area contributed by atoms with E-state index in [1.165, 1.54) is 0 Å². The van der Waals surface area contributed by atoms with Crippen molar-refractivity contribution in [3.63, 3.8) is 0 Å². The van der Waals surface area contributed by atoms with Crippen LogP contribution in [-0.2, 0) is 0 Å². The molecule has 0 aliphatic carbocycles. The minimum atomic E-state index is 0.336. The van der Waals surface area contributed by atoms with Crippen LogP contribution in [0.4, 0.5) is 5.69 Å². The molecule has 1 aliphatic heterocycles. The van der Waals surface area contributed by atoms with E-state index >= 15 is 0 Å². The lowest BCUT2D eigenvalue weighted by molar-refractivity contribution is 0.174. The first-order chi connectivity index (χ1) is 5.40. The van der Waals surface area contributed by atoms with Crippen LogP contribution in [0.25, 0.3) is 0 Å². The van der Waals surface area contributed by atoms with Crippen molar-refractivity contribution in [2.24, 2.45) is 0 Å². The summed E-state index contributed by atoms with van der Waals surface area (Å²) in [6.07, 6.45) is 0. The van der Waals surface area contributed by atoms with Crippen LogP contribution in [0.3, 0.4) is 0 Å². The van der Waals surface area contributed by atoms with E-state index in [0.717, 1.165) is 17.2 Å². The first-order valence-corrected chi connectivity index (χ1v) is 3.47. The molecule has 0 radical (unpaired) electrons. The number of rotatable bonds is 1. The number of benzene rings is 1. The Hall–Kier alpha value is -1.38. The fourth-order valence-corrected chi connectivity index (χ4v) is 1.05. The third kappa shape index (κ3) is 0.981. The first kappa shape index (κ1) is 6.34. The molecule has 0 fully saturated rings. The summed E-state index contributed by atoms with van der Waals surface area (Å²) < 4.78 is 10.3. The molecule has 3 nitrogen and oxygen atoms in total. The van der Waals surface area contributed by atoms with E-state index in [1.54, 1.807) is 0 Å². The largest absolute Gasteiger partial charge is 0.454 e. The SMILES string of the molecule is CNc1ccc2c(c1)OCO2. The molecule has 11 heavy (non-hydrogen) atoms. The molecule has 0 spiro atoms. The molecule has 2 rings (SSSR count). The normalized spacial score (nSPS) is 13.2. The Labute approximate surface area is 64.9 Å². The van der Waals surface area contributed by atoms with Crippen molar-refractivity contribution >= 4 is 5.69 Å². The van der Waals surface area contributed by atoms with Crippen LogP contribution >= 0.6 is 0 Å². The van der Waals surface area contributed by atoms with Gasteiger partial charge in [-0.3, -0.25) is 0 Å². The van der Waals surface area contributed by atoms with Gasteiger partial charge in [0.1, 0.15) is 0 Å². The zero-order valence-electron chi connectivity index (χ0n) is 6.26. The molecule has 1 N–H and O–H groups in total. The molecule has 0 unspecified atom stereocenters. The third-order valence-corrected chi connectivity index (χ3v) is 1.66. The van der Waals surface area contributed by atoms with Gasteiger partial charge in [0.25, 0.3) is 0 Å². The van der Waals surface area contributed by atoms with Gasteiger partial charge in [0.05, 0.1) is 0 Å². The van der Waals surface area contributed by atoms with E-state index < -0.39 is 0 Å². The van der Waals surface area contributed by atoms with Crippen LogP contribution in [0.15, 0.2) is 18.2 Å². The molecular formula is C8H9NO2. The predicted octanol–water partition coefficient (Wildman–Crippen LogP) is 1.46. The average Bonchev–Trinajstić information content (AvgIpc) is 2.50. The molecule has 0 aromatic heterocycles. The number of anilines is 1. The van der Waals surface area contributed by atoms with Gasteiger partial charge in [-0.25, -0.2) is 0 Å². The van der Waals surface area contributed by atoms with Crippen molar-refractivity contribution in [3.8, 4) is 11.5 Å². The topological polar surface area (TPSA) is 30.5 Å². The highest BCUT2D eigenvalue weighted by Gasteiger charge is 2.12. The maximum atomic E-state index is 5.18. The molecule has 0 bridgehead atoms. The van der Waals surface area contributed by atoms with Gasteiger partial charge in [-0.05, 0) is 12.1 Å². The summed E-state index contributed by atoms with van der Waals surface area (Å²) in [6.45, 7) is 0.336. The van der Waals surface area contributed by atoms with Crippen molar-refractivity contribution in [2.75, 3.05) is 19.2 Å². The molecule has 0 saturated heterocycles. The van der Waals surface area contributed by atoms with Gasteiger partial charge in [-0.15, -0.1) is 0 Å². The van der Waals surface area contributed by atoms with E-state index in [4.69, 9.17) is 9.47 Å². The summed E-state index contributed by atoms with van der Waals surface area (Å²) in [5.74, 6) is 1.64. The van der Waals surface area contributed by atoms with Gasteiger partial charge < -0.3 is 14.8 Å². The quantitative estimate of drug-likeness (QED) is 0.659. The lowest BCUT2D eigenvalue weighted by Gasteiger charge is -2.00. The summed E-state index contributed by atoms with van der Waals surface area (Å²) in [7, 11) is 1.87. The molecule has 58 valence electrons. The molecule has 0 saturated carbocycles. The Bertz CT molecular complexity index is 273. The Kier molecular flexibility index (Phi) is 1.35. The van der Waals surface area contributed by atoms with Gasteiger partial charge in [-0.1, -0.05) is 0 Å². The Balaban J connectivity index is 2.41. The maximum Gasteiger partial charge on any atom is 0.231 e. The van der Waals surface area contributed by atoms with Crippen molar-refractivity contribution in [2.45, 2.75) is 0 Å². The zero-order valence-corrected chi connectivity index (χ0v) is 6.26. The smallest absolute Gasteiger partial charge is 0.231 e. The summed E-state index contributed by atoms with van der Waals surface area (Å²) in [5, 5.41) is 3.02. The highest BCUT2D eigenvalue weighted by molar-refractivity contribution is 5.55. The second kappa shape index (κ2) is 2.34. The van der Waals surface area contributed by atoms with E-state index in [0.29, 0.717) is 6.79 Å². The monoisotopic (exact) mass is 151 g/mol. The summed E-state index contributed by atoms with van der Waals surface area (Å²) in [4.78, 5) is 0. The maximum absolute atomic E-state index is 5.18. The van der Waals surface area contributed by atoms with Crippen molar-refractivity contribution in [1.82, 2.24) is 0 Å². The summed E-state index contributed by atoms with van der Waals surface area (Å²) in [5.41, 5.74) is 1.04. The molecule has 1 heterocycles. The second-order valence-corrected chi connectivity index (χ2v) is 2.32. The molecule has 1 aliphatic rings. The summed E-state index contributed by atoms with van der Waals surface area (Å²) in [6, 6.07) is 5.77. The van der Waals surface area contributed by atoms with Crippen molar-refractivity contribution in [3.05, 3.63) is 18.2 Å². The van der Waals surface area contributed by atoms with Crippen LogP contribution in [0.5, 0.6) is 11.5 Å². The van der Waals surface area contributed by atoms with Crippen LogP contribution < -0.4 is 14.8 Å². The standard InChI is InChI=1S/C8H9NO2/c1-9-6-2-3-7-8(4-6)11-5-10-7/h2-4,9H,5H2,1H3. The highest BCUT2D eigenvalue weighted by atomic mass is 16.7. The second-order valence-electron chi connectivity index (χ2n) is 2.32. The fraction of sp³-hybridized carbons (Fsp3) is 0.250. The minimum Gasteiger partial charge on any atom is -0.454 e. The number of hydrogen-bond donors (Lipinski definition) is 1. The molecular weight excluding hydrogens is 142 g/mol. The number of fused-ring (bicyclic) bond motifs is 1. The fourth-order valence-electron chi connectivity index (χ4n) is 1.05. The Morgan fingerprint density at radius 3 is 2.91 bits per heavy atom. The van der Waals surface area contributed by atoms with Gasteiger partial charge in [0.15, 0.2) is 11.5 Å². The van der Waals surface area contributed by atoms with E-state index in [1.807, 2.05) is 25.2 Å². The van der Waals surface area contributed by atoms with Crippen molar-refractivity contribution in [1.29, 1.82) is 0 Å². The highest BCUT2D eigenvalue weighted by Crippen LogP contribution is 2.33.